The summed E-state index contributed by atoms with van der Waals surface area (Å²) in [6.07, 6.45) is 1.85. The standard InChI is InChI=1S/C12H18O2Si2/c1-15(2)7-13-9-6-12-10(5-11(9)15)14-8-16(12,3)4/h5-6H,7-8H2,1-4H3. The fraction of sp³-hybridized carbons (Fsp3) is 0.500. The molecule has 0 N–H and O–H groups in total. The molecule has 2 aliphatic rings. The van der Waals surface area contributed by atoms with E-state index in [4.69, 9.17) is 9.47 Å². The Kier molecular flexibility index (Phi) is 1.90. The van der Waals surface area contributed by atoms with Crippen LogP contribution in [0.3, 0.4) is 0 Å². The molecule has 0 aliphatic carbocycles. The summed E-state index contributed by atoms with van der Waals surface area (Å²) >= 11 is 0. The highest BCUT2D eigenvalue weighted by Gasteiger charge is 2.40. The zero-order valence-corrected chi connectivity index (χ0v) is 12.4. The Morgan fingerprint density at radius 3 is 1.56 bits per heavy atom. The van der Waals surface area contributed by atoms with Crippen molar-refractivity contribution in [1.29, 1.82) is 0 Å². The summed E-state index contributed by atoms with van der Waals surface area (Å²) in [6, 6.07) is 4.54. The summed E-state index contributed by atoms with van der Waals surface area (Å²) in [7, 11) is -2.67. The van der Waals surface area contributed by atoms with Gasteiger partial charge in [0, 0.05) is 0 Å². The van der Waals surface area contributed by atoms with Crippen LogP contribution in [-0.4, -0.2) is 28.6 Å². The molecule has 0 unspecified atom stereocenters. The average Bonchev–Trinajstić information content (AvgIpc) is 2.66. The highest BCUT2D eigenvalue weighted by atomic mass is 28.3. The van der Waals surface area contributed by atoms with E-state index in [0.29, 0.717) is 0 Å². The number of hydrogen-bond acceptors (Lipinski definition) is 2. The lowest BCUT2D eigenvalue weighted by Crippen LogP contribution is -2.43. The van der Waals surface area contributed by atoms with Gasteiger partial charge < -0.3 is 9.47 Å². The molecule has 86 valence electrons. The van der Waals surface area contributed by atoms with Crippen LogP contribution < -0.4 is 19.8 Å². The first kappa shape index (κ1) is 10.4. The summed E-state index contributed by atoms with van der Waals surface area (Å²) in [4.78, 5) is 0. The zero-order chi connectivity index (χ0) is 11.6. The normalized spacial score (nSPS) is 23.2. The van der Waals surface area contributed by atoms with Crippen molar-refractivity contribution in [2.75, 3.05) is 12.5 Å². The van der Waals surface area contributed by atoms with E-state index in [-0.39, 0.29) is 0 Å². The van der Waals surface area contributed by atoms with Crippen LogP contribution in [0.25, 0.3) is 0 Å². The molecule has 2 heterocycles. The van der Waals surface area contributed by atoms with Crippen molar-refractivity contribution in [3.63, 3.8) is 0 Å². The van der Waals surface area contributed by atoms with E-state index < -0.39 is 16.1 Å². The molecule has 2 nitrogen and oxygen atoms in total. The van der Waals surface area contributed by atoms with Crippen LogP contribution in [0.15, 0.2) is 12.1 Å². The van der Waals surface area contributed by atoms with E-state index in [1.54, 1.807) is 0 Å². The van der Waals surface area contributed by atoms with Gasteiger partial charge in [-0.25, -0.2) is 0 Å². The van der Waals surface area contributed by atoms with Crippen molar-refractivity contribution in [2.45, 2.75) is 26.2 Å². The van der Waals surface area contributed by atoms with E-state index >= 15 is 0 Å². The molecule has 1 aromatic rings. The smallest absolute Gasteiger partial charge is 0.129 e. The van der Waals surface area contributed by atoms with Crippen LogP contribution in [0.4, 0.5) is 0 Å². The van der Waals surface area contributed by atoms with E-state index in [1.807, 2.05) is 0 Å². The molecule has 0 fully saturated rings. The maximum Gasteiger partial charge on any atom is 0.129 e. The Labute approximate surface area is 98.6 Å². The molecule has 0 bridgehead atoms. The summed E-state index contributed by atoms with van der Waals surface area (Å²) < 4.78 is 11.7. The molecule has 0 spiro atoms. The summed E-state index contributed by atoms with van der Waals surface area (Å²) in [5, 5.41) is 2.89. The Hall–Kier alpha value is -0.746. The molecule has 0 atom stereocenters. The predicted molar refractivity (Wildman–Crippen MR) is 71.7 cm³/mol. The van der Waals surface area contributed by atoms with Gasteiger partial charge in [-0.3, -0.25) is 0 Å². The Morgan fingerprint density at radius 2 is 1.19 bits per heavy atom. The molecule has 0 saturated heterocycles. The van der Waals surface area contributed by atoms with Gasteiger partial charge in [0.15, 0.2) is 0 Å². The lowest BCUT2D eigenvalue weighted by Gasteiger charge is -2.14. The lowest BCUT2D eigenvalue weighted by atomic mass is 10.3. The number of rotatable bonds is 0. The third-order valence-electron chi connectivity index (χ3n) is 3.72. The molecular weight excluding hydrogens is 232 g/mol. The van der Waals surface area contributed by atoms with Crippen molar-refractivity contribution in [1.82, 2.24) is 0 Å². The van der Waals surface area contributed by atoms with Gasteiger partial charge in [-0.1, -0.05) is 26.2 Å². The third-order valence-corrected chi connectivity index (χ3v) is 9.15. The highest BCUT2D eigenvalue weighted by molar-refractivity contribution is 6.93. The Bertz CT molecular complexity index is 423. The fourth-order valence-electron chi connectivity index (χ4n) is 2.53. The first-order chi connectivity index (χ1) is 7.40. The van der Waals surface area contributed by atoms with E-state index in [0.717, 1.165) is 24.0 Å². The molecule has 16 heavy (non-hydrogen) atoms. The van der Waals surface area contributed by atoms with Gasteiger partial charge >= 0.3 is 0 Å². The van der Waals surface area contributed by atoms with Crippen molar-refractivity contribution in [3.8, 4) is 11.5 Å². The molecule has 4 heteroatoms. The van der Waals surface area contributed by atoms with Gasteiger partial charge in [-0.05, 0) is 22.5 Å². The van der Waals surface area contributed by atoms with Crippen LogP contribution in [0.1, 0.15) is 0 Å². The second-order valence-electron chi connectivity index (χ2n) is 6.19. The van der Waals surface area contributed by atoms with Gasteiger partial charge in [0.1, 0.15) is 27.6 Å². The van der Waals surface area contributed by atoms with Crippen LogP contribution in [0.2, 0.25) is 26.2 Å². The van der Waals surface area contributed by atoms with Crippen LogP contribution in [0.5, 0.6) is 11.5 Å². The van der Waals surface area contributed by atoms with Crippen molar-refractivity contribution < 1.29 is 9.47 Å². The third kappa shape index (κ3) is 1.29. The van der Waals surface area contributed by atoms with Crippen molar-refractivity contribution in [3.05, 3.63) is 12.1 Å². The van der Waals surface area contributed by atoms with Gasteiger partial charge in [0.2, 0.25) is 0 Å². The quantitative estimate of drug-likeness (QED) is 0.648. The minimum absolute atomic E-state index is 0.924. The zero-order valence-electron chi connectivity index (χ0n) is 10.4. The number of fused-ring (bicyclic) bond motifs is 2. The second kappa shape index (κ2) is 2.93. The first-order valence-corrected chi connectivity index (χ1v) is 12.3. The fourth-order valence-corrected chi connectivity index (χ4v) is 6.54. The molecule has 0 radical (unpaired) electrons. The largest absolute Gasteiger partial charge is 0.497 e. The SMILES string of the molecule is C[Si]1(C)COc2cc3c(cc21)OC[Si]3(C)C. The predicted octanol–water partition coefficient (Wildman–Crippen LogP) is 1.38. The Balaban J connectivity index is 2.19. The number of ether oxygens (including phenoxy) is 2. The summed E-state index contributed by atoms with van der Waals surface area (Å²) in [5.41, 5.74) is 0. The monoisotopic (exact) mass is 250 g/mol. The van der Waals surface area contributed by atoms with E-state index in [2.05, 4.69) is 38.3 Å². The maximum atomic E-state index is 5.86. The second-order valence-corrected chi connectivity index (χ2v) is 15.4. The first-order valence-electron chi connectivity index (χ1n) is 5.85. The lowest BCUT2D eigenvalue weighted by molar-refractivity contribution is 0.390. The topological polar surface area (TPSA) is 18.5 Å². The molecule has 0 saturated carbocycles. The van der Waals surface area contributed by atoms with Crippen LogP contribution in [-0.2, 0) is 0 Å². The molecule has 2 aliphatic heterocycles. The maximum absolute atomic E-state index is 5.86. The van der Waals surface area contributed by atoms with E-state index in [9.17, 15) is 0 Å². The van der Waals surface area contributed by atoms with E-state index in [1.165, 1.54) is 10.4 Å². The van der Waals surface area contributed by atoms with Crippen molar-refractivity contribution in [2.24, 2.45) is 0 Å². The van der Waals surface area contributed by atoms with Crippen LogP contribution in [0, 0.1) is 0 Å². The summed E-state index contributed by atoms with van der Waals surface area (Å²) in [6.45, 7) is 9.46. The molecule has 0 aromatic heterocycles. The molecular formula is C12H18O2Si2. The molecule has 1 aromatic carbocycles. The minimum Gasteiger partial charge on any atom is -0.497 e. The number of hydrogen-bond donors (Lipinski definition) is 0. The highest BCUT2D eigenvalue weighted by Crippen LogP contribution is 2.29. The Morgan fingerprint density at radius 1 is 0.812 bits per heavy atom. The van der Waals surface area contributed by atoms with Gasteiger partial charge in [0.25, 0.3) is 0 Å². The van der Waals surface area contributed by atoms with Crippen LogP contribution >= 0.6 is 0 Å². The minimum atomic E-state index is -1.34. The van der Waals surface area contributed by atoms with Gasteiger partial charge in [-0.15, -0.1) is 0 Å². The summed E-state index contributed by atoms with van der Waals surface area (Å²) in [5.74, 6) is 2.28. The molecule has 0 amide bonds. The van der Waals surface area contributed by atoms with Gasteiger partial charge in [-0.2, -0.15) is 0 Å². The number of benzene rings is 1. The molecule has 3 rings (SSSR count). The van der Waals surface area contributed by atoms with Gasteiger partial charge in [0.05, 0.1) is 12.5 Å². The van der Waals surface area contributed by atoms with Crippen molar-refractivity contribution >= 4 is 26.5 Å². The average molecular weight is 250 g/mol.